The third-order valence-electron chi connectivity index (χ3n) is 2.72. The molecule has 4 nitrogen and oxygen atoms in total. The molecule has 0 heterocycles. The van der Waals surface area contributed by atoms with Crippen LogP contribution in [-0.2, 0) is 20.9 Å². The van der Waals surface area contributed by atoms with Crippen molar-refractivity contribution in [3.63, 3.8) is 0 Å². The number of benzene rings is 1. The van der Waals surface area contributed by atoms with Crippen molar-refractivity contribution in [2.24, 2.45) is 0 Å². The van der Waals surface area contributed by atoms with Crippen LogP contribution in [0.3, 0.4) is 0 Å². The minimum absolute atomic E-state index is 0.00581. The largest absolute Gasteiger partial charge is 0.416 e. The third-order valence-corrected chi connectivity index (χ3v) is 4.88. The fraction of sp³-hybridized carbons (Fsp3) is 0.500. The number of sulfonamides is 1. The lowest BCUT2D eigenvalue weighted by Gasteiger charge is -2.15. The zero-order chi connectivity index (χ0) is 16.3. The Hall–Kier alpha value is -0.640. The summed E-state index contributed by atoms with van der Waals surface area (Å²) in [5.74, 6) is 0. The molecule has 0 radical (unpaired) electrons. The van der Waals surface area contributed by atoms with Crippen molar-refractivity contribution in [2.45, 2.75) is 22.8 Å². The first-order valence-corrected chi connectivity index (χ1v) is 8.29. The molecule has 0 spiro atoms. The second-order valence-electron chi connectivity index (χ2n) is 4.33. The number of ether oxygens (including phenoxy) is 1. The number of methoxy groups -OCH3 is 1. The van der Waals surface area contributed by atoms with Gasteiger partial charge in [-0.05, 0) is 24.6 Å². The molecule has 0 bridgehead atoms. The summed E-state index contributed by atoms with van der Waals surface area (Å²) in [5.41, 5.74) is -1.28. The Morgan fingerprint density at radius 1 is 1.38 bits per heavy atom. The number of hydrogen-bond acceptors (Lipinski definition) is 3. The lowest BCUT2D eigenvalue weighted by atomic mass is 10.1. The zero-order valence-corrected chi connectivity index (χ0v) is 13.8. The Morgan fingerprint density at radius 2 is 2.00 bits per heavy atom. The molecule has 21 heavy (non-hydrogen) atoms. The average molecular weight is 390 g/mol. The summed E-state index contributed by atoms with van der Waals surface area (Å²) in [7, 11) is -2.56. The van der Waals surface area contributed by atoms with Crippen LogP contribution in [-0.4, -0.2) is 33.5 Å². The van der Waals surface area contributed by atoms with Crippen LogP contribution < -0.4 is 4.72 Å². The second-order valence-corrected chi connectivity index (χ2v) is 7.36. The van der Waals surface area contributed by atoms with E-state index < -0.39 is 21.8 Å². The fourth-order valence-electron chi connectivity index (χ4n) is 1.73. The van der Waals surface area contributed by atoms with Gasteiger partial charge < -0.3 is 4.74 Å². The van der Waals surface area contributed by atoms with E-state index in [1.807, 2.05) is 0 Å². The monoisotopic (exact) mass is 389 g/mol. The van der Waals surface area contributed by atoms with Crippen molar-refractivity contribution in [1.29, 1.82) is 0 Å². The van der Waals surface area contributed by atoms with E-state index >= 15 is 0 Å². The van der Waals surface area contributed by atoms with Crippen molar-refractivity contribution in [2.75, 3.05) is 20.3 Å². The molecule has 0 aliphatic rings. The van der Waals surface area contributed by atoms with Crippen LogP contribution in [0, 0.1) is 6.92 Å². The third kappa shape index (κ3) is 4.94. The highest BCUT2D eigenvalue weighted by atomic mass is 79.9. The van der Waals surface area contributed by atoms with Gasteiger partial charge in [-0.3, -0.25) is 0 Å². The maximum atomic E-state index is 12.8. The van der Waals surface area contributed by atoms with E-state index in [-0.39, 0.29) is 28.4 Å². The Labute approximate surface area is 129 Å². The second kappa shape index (κ2) is 7.08. The van der Waals surface area contributed by atoms with Gasteiger partial charge in [0.1, 0.15) is 0 Å². The van der Waals surface area contributed by atoms with Gasteiger partial charge in [-0.25, -0.2) is 13.1 Å². The normalized spacial score (nSPS) is 14.2. The van der Waals surface area contributed by atoms with E-state index in [0.717, 1.165) is 25.1 Å². The molecule has 120 valence electrons. The standard InChI is InChI=1S/C12H15BrF3NO3S/c1-8-10(12(14,15)16)4-3-5-11(8)21(18,19)17-6-9(13)7-20-2/h3-5,9,17H,6-7H2,1-2H3. The smallest absolute Gasteiger partial charge is 0.383 e. The molecule has 1 aromatic carbocycles. The molecule has 0 aliphatic carbocycles. The van der Waals surface area contributed by atoms with E-state index in [1.165, 1.54) is 7.11 Å². The number of halogens is 4. The Bertz CT molecular complexity index is 590. The van der Waals surface area contributed by atoms with Gasteiger partial charge in [-0.2, -0.15) is 13.2 Å². The molecule has 9 heteroatoms. The van der Waals surface area contributed by atoms with Crippen LogP contribution in [0.4, 0.5) is 13.2 Å². The van der Waals surface area contributed by atoms with Gasteiger partial charge in [0.2, 0.25) is 10.0 Å². The number of nitrogens with one attached hydrogen (secondary N) is 1. The molecular weight excluding hydrogens is 375 g/mol. The summed E-state index contributed by atoms with van der Waals surface area (Å²) >= 11 is 3.20. The molecule has 0 aromatic heterocycles. The molecule has 0 aliphatic heterocycles. The summed E-state index contributed by atoms with van der Waals surface area (Å²) in [6.45, 7) is 1.41. The van der Waals surface area contributed by atoms with Crippen molar-refractivity contribution in [3.05, 3.63) is 29.3 Å². The van der Waals surface area contributed by atoms with Gasteiger partial charge >= 0.3 is 6.18 Å². The molecule has 0 saturated heterocycles. The fourth-order valence-corrected chi connectivity index (χ4v) is 3.72. The minimum atomic E-state index is -4.59. The predicted octanol–water partition coefficient (Wildman–Crippen LogP) is 2.70. The van der Waals surface area contributed by atoms with Gasteiger partial charge in [0.15, 0.2) is 0 Å². The van der Waals surface area contributed by atoms with E-state index in [9.17, 15) is 21.6 Å². The van der Waals surface area contributed by atoms with E-state index in [4.69, 9.17) is 4.74 Å². The summed E-state index contributed by atoms with van der Waals surface area (Å²) in [4.78, 5) is -0.655. The molecule has 1 N–H and O–H groups in total. The van der Waals surface area contributed by atoms with Crippen LogP contribution in [0.25, 0.3) is 0 Å². The summed E-state index contributed by atoms with van der Waals surface area (Å²) in [5, 5.41) is 0. The van der Waals surface area contributed by atoms with Gasteiger partial charge in [0.05, 0.1) is 21.9 Å². The van der Waals surface area contributed by atoms with Gasteiger partial charge in [0, 0.05) is 13.7 Å². The van der Waals surface area contributed by atoms with Crippen molar-refractivity contribution < 1.29 is 26.3 Å². The molecule has 1 atom stereocenters. The van der Waals surface area contributed by atoms with Gasteiger partial charge in [0.25, 0.3) is 0 Å². The van der Waals surface area contributed by atoms with Crippen molar-refractivity contribution in [1.82, 2.24) is 4.72 Å². The minimum Gasteiger partial charge on any atom is -0.383 e. The van der Waals surface area contributed by atoms with Crippen molar-refractivity contribution in [3.8, 4) is 0 Å². The van der Waals surface area contributed by atoms with Crippen LogP contribution in [0.1, 0.15) is 11.1 Å². The summed E-state index contributed by atoms with van der Waals surface area (Å²) in [6, 6.07) is 3.07. The molecule has 1 unspecified atom stereocenters. The van der Waals surface area contributed by atoms with Gasteiger partial charge in [-0.1, -0.05) is 22.0 Å². The molecular formula is C12H15BrF3NO3S. The molecule has 0 amide bonds. The Balaban J connectivity index is 3.05. The highest BCUT2D eigenvalue weighted by molar-refractivity contribution is 9.09. The van der Waals surface area contributed by atoms with E-state index in [0.29, 0.717) is 0 Å². The van der Waals surface area contributed by atoms with Crippen LogP contribution in [0.2, 0.25) is 0 Å². The highest BCUT2D eigenvalue weighted by Crippen LogP contribution is 2.34. The number of alkyl halides is 4. The first kappa shape index (κ1) is 18.4. The van der Waals surface area contributed by atoms with E-state index in [1.54, 1.807) is 0 Å². The van der Waals surface area contributed by atoms with Crippen LogP contribution in [0.5, 0.6) is 0 Å². The summed E-state index contributed by atoms with van der Waals surface area (Å²) in [6.07, 6.45) is -4.59. The maximum Gasteiger partial charge on any atom is 0.416 e. The summed E-state index contributed by atoms with van der Waals surface area (Å²) < 4.78 is 69.7. The maximum absolute atomic E-state index is 12.8. The van der Waals surface area contributed by atoms with Crippen LogP contribution in [0.15, 0.2) is 23.1 Å². The predicted molar refractivity (Wildman–Crippen MR) is 76.0 cm³/mol. The lowest BCUT2D eigenvalue weighted by molar-refractivity contribution is -0.138. The topological polar surface area (TPSA) is 55.4 Å². The average Bonchev–Trinajstić information content (AvgIpc) is 2.35. The van der Waals surface area contributed by atoms with E-state index in [2.05, 4.69) is 20.7 Å². The Kier molecular flexibility index (Phi) is 6.21. The number of rotatable bonds is 6. The molecule has 0 fully saturated rings. The van der Waals surface area contributed by atoms with Crippen molar-refractivity contribution >= 4 is 26.0 Å². The molecule has 0 saturated carbocycles. The first-order chi connectivity index (χ1) is 9.59. The Morgan fingerprint density at radius 3 is 2.52 bits per heavy atom. The highest BCUT2D eigenvalue weighted by Gasteiger charge is 2.34. The quantitative estimate of drug-likeness (QED) is 0.761. The number of hydrogen-bond donors (Lipinski definition) is 1. The zero-order valence-electron chi connectivity index (χ0n) is 11.4. The lowest BCUT2D eigenvalue weighted by Crippen LogP contribution is -2.32. The SMILES string of the molecule is COCC(Br)CNS(=O)(=O)c1cccc(C(F)(F)F)c1C. The first-order valence-electron chi connectivity index (χ1n) is 5.89. The molecule has 1 aromatic rings. The van der Waals surface area contributed by atoms with Crippen LogP contribution >= 0.6 is 15.9 Å². The van der Waals surface area contributed by atoms with Gasteiger partial charge in [-0.15, -0.1) is 0 Å². The molecule has 1 rings (SSSR count).